The van der Waals surface area contributed by atoms with Crippen molar-refractivity contribution in [1.29, 1.82) is 0 Å². The van der Waals surface area contributed by atoms with Gasteiger partial charge in [0.2, 0.25) is 5.91 Å². The van der Waals surface area contributed by atoms with E-state index in [9.17, 15) is 14.4 Å². The number of carbonyl (C=O) groups excluding carboxylic acids is 2. The summed E-state index contributed by atoms with van der Waals surface area (Å²) in [5, 5.41) is 3.35. The Balaban J connectivity index is 2.02. The Labute approximate surface area is 143 Å². The van der Waals surface area contributed by atoms with E-state index in [-0.39, 0.29) is 5.91 Å². The van der Waals surface area contributed by atoms with Crippen LogP contribution in [0.2, 0.25) is 0 Å². The number of fused-ring (bicyclic) bond motifs is 1. The summed E-state index contributed by atoms with van der Waals surface area (Å²) >= 11 is 0. The van der Waals surface area contributed by atoms with Crippen LogP contribution in [-0.4, -0.2) is 19.0 Å². The molecule has 3 rings (SSSR count). The maximum Gasteiger partial charge on any atom is 0.344 e. The van der Waals surface area contributed by atoms with E-state index < -0.39 is 11.6 Å². The predicted octanol–water partition coefficient (Wildman–Crippen LogP) is 3.21. The average molecular weight is 337 g/mol. The van der Waals surface area contributed by atoms with Crippen LogP contribution in [0, 0.1) is 0 Å². The first-order valence-corrected chi connectivity index (χ1v) is 7.52. The Morgan fingerprint density at radius 3 is 2.40 bits per heavy atom. The van der Waals surface area contributed by atoms with E-state index in [4.69, 9.17) is 4.42 Å². The molecule has 0 spiro atoms. The number of benzene rings is 2. The summed E-state index contributed by atoms with van der Waals surface area (Å²) in [5.74, 6) is -0.665. The van der Waals surface area contributed by atoms with Crippen molar-refractivity contribution in [1.82, 2.24) is 0 Å². The van der Waals surface area contributed by atoms with Crippen LogP contribution in [0.4, 0.5) is 5.69 Å². The highest BCUT2D eigenvalue weighted by Crippen LogP contribution is 2.23. The molecule has 6 nitrogen and oxygen atoms in total. The Hall–Kier alpha value is -3.41. The molecule has 0 fully saturated rings. The second-order valence-electron chi connectivity index (χ2n) is 5.45. The van der Waals surface area contributed by atoms with E-state index in [2.05, 4.69) is 10.1 Å². The van der Waals surface area contributed by atoms with Gasteiger partial charge in [0, 0.05) is 18.0 Å². The molecule has 0 atom stereocenters. The van der Waals surface area contributed by atoms with Crippen LogP contribution in [0.25, 0.3) is 22.1 Å². The van der Waals surface area contributed by atoms with Gasteiger partial charge >= 0.3 is 11.6 Å². The minimum atomic E-state index is -0.512. The molecule has 2 aromatic carbocycles. The number of anilines is 1. The fraction of sp³-hybridized carbons (Fsp3) is 0.105. The molecule has 1 amide bonds. The van der Waals surface area contributed by atoms with Crippen LogP contribution < -0.4 is 10.9 Å². The molecule has 126 valence electrons. The van der Waals surface area contributed by atoms with Crippen molar-refractivity contribution in [3.8, 4) is 11.1 Å². The third-order valence-electron chi connectivity index (χ3n) is 3.67. The van der Waals surface area contributed by atoms with Gasteiger partial charge in [0.1, 0.15) is 5.58 Å². The quantitative estimate of drug-likeness (QED) is 0.586. The summed E-state index contributed by atoms with van der Waals surface area (Å²) in [4.78, 5) is 34.9. The number of carbonyl (C=O) groups is 2. The van der Waals surface area contributed by atoms with Crippen LogP contribution in [0.5, 0.6) is 0 Å². The molecule has 25 heavy (non-hydrogen) atoms. The molecule has 0 unspecified atom stereocenters. The molecule has 0 saturated carbocycles. The van der Waals surface area contributed by atoms with Gasteiger partial charge in [-0.3, -0.25) is 4.79 Å². The van der Waals surface area contributed by atoms with Crippen molar-refractivity contribution in [3.05, 3.63) is 64.5 Å². The second-order valence-corrected chi connectivity index (χ2v) is 5.45. The zero-order valence-electron chi connectivity index (χ0n) is 13.7. The normalized spacial score (nSPS) is 10.5. The van der Waals surface area contributed by atoms with Crippen LogP contribution >= 0.6 is 0 Å². The Bertz CT molecular complexity index is 1020. The lowest BCUT2D eigenvalue weighted by Crippen LogP contribution is -2.06. The first-order valence-electron chi connectivity index (χ1n) is 7.52. The molecule has 1 heterocycles. The van der Waals surface area contributed by atoms with Gasteiger partial charge in [-0.2, -0.15) is 0 Å². The van der Waals surface area contributed by atoms with Gasteiger partial charge in [-0.05, 0) is 35.9 Å². The molecular formula is C19H15NO5. The van der Waals surface area contributed by atoms with Crippen LogP contribution in [-0.2, 0) is 9.53 Å². The second kappa shape index (κ2) is 6.60. The maximum absolute atomic E-state index is 12.3. The van der Waals surface area contributed by atoms with Crippen LogP contribution in [0.1, 0.15) is 17.3 Å². The first kappa shape index (κ1) is 16.4. The van der Waals surface area contributed by atoms with E-state index in [1.165, 1.54) is 20.1 Å². The Kier molecular flexibility index (Phi) is 4.35. The summed E-state index contributed by atoms with van der Waals surface area (Å²) in [6.45, 7) is 1.43. The number of hydrogen-bond donors (Lipinski definition) is 1. The van der Waals surface area contributed by atoms with Gasteiger partial charge in [-0.25, -0.2) is 9.59 Å². The third-order valence-corrected chi connectivity index (χ3v) is 3.67. The van der Waals surface area contributed by atoms with Crippen molar-refractivity contribution >= 4 is 28.5 Å². The standard InChI is InChI=1S/C19H15NO5/c1-11(21)20-15-7-5-12(6-8-15)16-9-13-3-4-14(18(22)24-2)10-17(13)25-19(16)23/h3-10H,1-2H3,(H,20,21). The van der Waals surface area contributed by atoms with Crippen molar-refractivity contribution in [3.63, 3.8) is 0 Å². The van der Waals surface area contributed by atoms with Crippen molar-refractivity contribution in [2.45, 2.75) is 6.92 Å². The fourth-order valence-corrected chi connectivity index (χ4v) is 2.49. The Morgan fingerprint density at radius 1 is 1.04 bits per heavy atom. The van der Waals surface area contributed by atoms with Gasteiger partial charge in [-0.15, -0.1) is 0 Å². The third kappa shape index (κ3) is 3.42. The van der Waals surface area contributed by atoms with Gasteiger partial charge in [0.15, 0.2) is 0 Å². The number of ether oxygens (including phenoxy) is 1. The van der Waals surface area contributed by atoms with E-state index in [0.717, 1.165) is 0 Å². The summed E-state index contributed by atoms with van der Waals surface area (Å²) in [6, 6.07) is 13.4. The maximum atomic E-state index is 12.3. The number of methoxy groups -OCH3 is 1. The molecule has 0 saturated heterocycles. The lowest BCUT2D eigenvalue weighted by Gasteiger charge is -2.06. The zero-order valence-corrected chi connectivity index (χ0v) is 13.7. The highest BCUT2D eigenvalue weighted by molar-refractivity contribution is 5.94. The molecule has 1 aromatic heterocycles. The highest BCUT2D eigenvalue weighted by Gasteiger charge is 2.11. The van der Waals surface area contributed by atoms with Crippen LogP contribution in [0.15, 0.2) is 57.7 Å². The summed E-state index contributed by atoms with van der Waals surface area (Å²) in [6.07, 6.45) is 0. The van der Waals surface area contributed by atoms with Gasteiger partial charge < -0.3 is 14.5 Å². The van der Waals surface area contributed by atoms with E-state index in [1.807, 2.05) is 0 Å². The number of hydrogen-bond acceptors (Lipinski definition) is 5. The van der Waals surface area contributed by atoms with E-state index in [0.29, 0.717) is 33.3 Å². The molecule has 3 aromatic rings. The summed E-state index contributed by atoms with van der Waals surface area (Å²) in [5.41, 5.74) is 1.82. The van der Waals surface area contributed by atoms with Crippen molar-refractivity contribution in [2.75, 3.05) is 12.4 Å². The van der Waals surface area contributed by atoms with E-state index in [1.54, 1.807) is 42.5 Å². The molecule has 6 heteroatoms. The molecular weight excluding hydrogens is 322 g/mol. The number of rotatable bonds is 3. The van der Waals surface area contributed by atoms with Crippen molar-refractivity contribution in [2.24, 2.45) is 0 Å². The first-order chi connectivity index (χ1) is 12.0. The number of nitrogens with one attached hydrogen (secondary N) is 1. The minimum Gasteiger partial charge on any atom is -0.465 e. The molecule has 0 aliphatic carbocycles. The largest absolute Gasteiger partial charge is 0.465 e. The summed E-state index contributed by atoms with van der Waals surface area (Å²) in [7, 11) is 1.29. The molecule has 0 radical (unpaired) electrons. The molecule has 0 bridgehead atoms. The van der Waals surface area contributed by atoms with Gasteiger partial charge in [-0.1, -0.05) is 18.2 Å². The zero-order chi connectivity index (χ0) is 18.0. The van der Waals surface area contributed by atoms with Gasteiger partial charge in [0.05, 0.1) is 18.2 Å². The topological polar surface area (TPSA) is 85.6 Å². The highest BCUT2D eigenvalue weighted by atomic mass is 16.5. The van der Waals surface area contributed by atoms with Crippen molar-refractivity contribution < 1.29 is 18.7 Å². The van der Waals surface area contributed by atoms with E-state index >= 15 is 0 Å². The summed E-state index contributed by atoms with van der Waals surface area (Å²) < 4.78 is 10.0. The number of esters is 1. The van der Waals surface area contributed by atoms with Crippen LogP contribution in [0.3, 0.4) is 0 Å². The lowest BCUT2D eigenvalue weighted by atomic mass is 10.0. The predicted molar refractivity (Wildman–Crippen MR) is 93.6 cm³/mol. The SMILES string of the molecule is COC(=O)c1ccc2cc(-c3ccc(NC(C)=O)cc3)c(=O)oc2c1. The molecule has 1 N–H and O–H groups in total. The fourth-order valence-electron chi connectivity index (χ4n) is 2.49. The molecule has 0 aliphatic rings. The van der Waals surface area contributed by atoms with Gasteiger partial charge in [0.25, 0.3) is 0 Å². The smallest absolute Gasteiger partial charge is 0.344 e. The Morgan fingerprint density at radius 2 is 1.76 bits per heavy atom. The molecule has 0 aliphatic heterocycles. The average Bonchev–Trinajstić information content (AvgIpc) is 2.60. The number of amides is 1. The monoisotopic (exact) mass is 337 g/mol. The lowest BCUT2D eigenvalue weighted by molar-refractivity contribution is -0.114. The minimum absolute atomic E-state index is 0.167.